The van der Waals surface area contributed by atoms with E-state index in [1.54, 1.807) is 6.07 Å². The molecule has 0 aliphatic rings. The molecule has 0 aromatic heterocycles. The van der Waals surface area contributed by atoms with Crippen molar-refractivity contribution in [3.63, 3.8) is 0 Å². The van der Waals surface area contributed by atoms with Crippen LogP contribution in [0.25, 0.3) is 0 Å². The molecule has 0 aliphatic heterocycles. The minimum absolute atomic E-state index is 0.137. The van der Waals surface area contributed by atoms with Gasteiger partial charge in [-0.05, 0) is 18.2 Å². The zero-order valence-corrected chi connectivity index (χ0v) is 10.2. The average Bonchev–Trinajstić information content (AvgIpc) is 2.38. The lowest BCUT2D eigenvalue weighted by molar-refractivity contribution is 0.386. The minimum Gasteiger partial charge on any atom is -0.494 e. The summed E-state index contributed by atoms with van der Waals surface area (Å²) < 4.78 is 44.3. The highest BCUT2D eigenvalue weighted by molar-refractivity contribution is 5.47. The average molecular weight is 267 g/mol. The number of methoxy groups -OCH3 is 1. The minimum atomic E-state index is -0.638. The van der Waals surface area contributed by atoms with E-state index in [-0.39, 0.29) is 12.3 Å². The largest absolute Gasteiger partial charge is 0.494 e. The van der Waals surface area contributed by atoms with Gasteiger partial charge in [0, 0.05) is 29.9 Å². The SMILES string of the molecule is COc1ccc(NCc2ccc(F)cc2F)cc1F. The van der Waals surface area contributed by atoms with Gasteiger partial charge in [-0.15, -0.1) is 0 Å². The van der Waals surface area contributed by atoms with Crippen molar-refractivity contribution in [3.05, 3.63) is 59.4 Å². The van der Waals surface area contributed by atoms with Gasteiger partial charge in [0.2, 0.25) is 0 Å². The van der Waals surface area contributed by atoms with Crippen molar-refractivity contribution in [2.24, 2.45) is 0 Å². The van der Waals surface area contributed by atoms with E-state index >= 15 is 0 Å². The van der Waals surface area contributed by atoms with E-state index in [9.17, 15) is 13.2 Å². The Morgan fingerprint density at radius 2 is 1.79 bits per heavy atom. The van der Waals surface area contributed by atoms with Crippen LogP contribution in [-0.4, -0.2) is 7.11 Å². The lowest BCUT2D eigenvalue weighted by atomic mass is 10.2. The van der Waals surface area contributed by atoms with Gasteiger partial charge in [-0.25, -0.2) is 13.2 Å². The van der Waals surface area contributed by atoms with Crippen molar-refractivity contribution >= 4 is 5.69 Å². The Hall–Kier alpha value is -2.17. The molecule has 0 heterocycles. The third-order valence-corrected chi connectivity index (χ3v) is 2.65. The quantitative estimate of drug-likeness (QED) is 0.911. The third-order valence-electron chi connectivity index (χ3n) is 2.65. The molecule has 0 saturated carbocycles. The Kier molecular flexibility index (Phi) is 3.94. The number of rotatable bonds is 4. The number of hydrogen-bond donors (Lipinski definition) is 1. The van der Waals surface area contributed by atoms with E-state index in [1.165, 1.54) is 31.4 Å². The fourth-order valence-corrected chi connectivity index (χ4v) is 1.64. The molecular formula is C14H12F3NO. The topological polar surface area (TPSA) is 21.3 Å². The maximum absolute atomic E-state index is 13.4. The van der Waals surface area contributed by atoms with E-state index in [1.807, 2.05) is 0 Å². The smallest absolute Gasteiger partial charge is 0.167 e. The van der Waals surface area contributed by atoms with Gasteiger partial charge in [0.05, 0.1) is 7.11 Å². The Balaban J connectivity index is 2.08. The second-order valence-electron chi connectivity index (χ2n) is 3.94. The van der Waals surface area contributed by atoms with Gasteiger partial charge in [0.1, 0.15) is 11.6 Å². The first-order valence-corrected chi connectivity index (χ1v) is 5.61. The van der Waals surface area contributed by atoms with E-state index in [4.69, 9.17) is 4.74 Å². The molecule has 2 nitrogen and oxygen atoms in total. The maximum atomic E-state index is 13.4. The Morgan fingerprint density at radius 3 is 2.42 bits per heavy atom. The Morgan fingerprint density at radius 1 is 1.00 bits per heavy atom. The number of benzene rings is 2. The standard InChI is InChI=1S/C14H12F3NO/c1-19-14-5-4-11(7-13(14)17)18-8-9-2-3-10(15)6-12(9)16/h2-7,18H,8H2,1H3. The fourth-order valence-electron chi connectivity index (χ4n) is 1.64. The van der Waals surface area contributed by atoms with E-state index < -0.39 is 17.5 Å². The Labute approximate surface area is 108 Å². The zero-order valence-electron chi connectivity index (χ0n) is 10.2. The molecule has 0 aliphatic carbocycles. The Bertz CT molecular complexity index is 587. The van der Waals surface area contributed by atoms with Gasteiger partial charge in [-0.1, -0.05) is 6.07 Å². The van der Waals surface area contributed by atoms with Crippen molar-refractivity contribution in [1.29, 1.82) is 0 Å². The van der Waals surface area contributed by atoms with E-state index in [0.29, 0.717) is 11.3 Å². The summed E-state index contributed by atoms with van der Waals surface area (Å²) in [5.74, 6) is -1.64. The van der Waals surface area contributed by atoms with Crippen LogP contribution in [-0.2, 0) is 6.54 Å². The number of ether oxygens (including phenoxy) is 1. The van der Waals surface area contributed by atoms with Gasteiger partial charge in [0.15, 0.2) is 11.6 Å². The highest BCUT2D eigenvalue weighted by Crippen LogP contribution is 2.21. The molecule has 5 heteroatoms. The molecule has 2 aromatic rings. The van der Waals surface area contributed by atoms with Crippen molar-refractivity contribution in [1.82, 2.24) is 0 Å². The molecule has 0 amide bonds. The molecule has 2 aromatic carbocycles. The van der Waals surface area contributed by atoms with Crippen molar-refractivity contribution in [2.45, 2.75) is 6.54 Å². The molecule has 0 radical (unpaired) electrons. The molecule has 0 atom stereocenters. The van der Waals surface area contributed by atoms with Gasteiger partial charge in [-0.3, -0.25) is 0 Å². The number of nitrogens with one attached hydrogen (secondary N) is 1. The molecule has 0 spiro atoms. The molecule has 0 unspecified atom stereocenters. The van der Waals surface area contributed by atoms with Crippen molar-refractivity contribution < 1.29 is 17.9 Å². The van der Waals surface area contributed by atoms with Gasteiger partial charge < -0.3 is 10.1 Å². The third kappa shape index (κ3) is 3.19. The maximum Gasteiger partial charge on any atom is 0.167 e. The fraction of sp³-hybridized carbons (Fsp3) is 0.143. The summed E-state index contributed by atoms with van der Waals surface area (Å²) in [6.07, 6.45) is 0. The van der Waals surface area contributed by atoms with Crippen LogP contribution >= 0.6 is 0 Å². The second kappa shape index (κ2) is 5.65. The highest BCUT2D eigenvalue weighted by Gasteiger charge is 2.06. The summed E-state index contributed by atoms with van der Waals surface area (Å²) in [6, 6.07) is 7.67. The van der Waals surface area contributed by atoms with Crippen molar-refractivity contribution in [3.8, 4) is 5.75 Å². The lowest BCUT2D eigenvalue weighted by Crippen LogP contribution is -2.02. The number of anilines is 1. The van der Waals surface area contributed by atoms with E-state index in [2.05, 4.69) is 5.32 Å². The summed E-state index contributed by atoms with van der Waals surface area (Å²) >= 11 is 0. The normalized spacial score (nSPS) is 10.3. The van der Waals surface area contributed by atoms with Crippen LogP contribution < -0.4 is 10.1 Å². The molecule has 0 bridgehead atoms. The van der Waals surface area contributed by atoms with Gasteiger partial charge in [-0.2, -0.15) is 0 Å². The first-order chi connectivity index (χ1) is 9.10. The second-order valence-corrected chi connectivity index (χ2v) is 3.94. The first-order valence-electron chi connectivity index (χ1n) is 5.61. The molecule has 2 rings (SSSR count). The van der Waals surface area contributed by atoms with Gasteiger partial charge in [0.25, 0.3) is 0 Å². The molecule has 100 valence electrons. The van der Waals surface area contributed by atoms with E-state index in [0.717, 1.165) is 6.07 Å². The zero-order chi connectivity index (χ0) is 13.8. The number of hydrogen-bond acceptors (Lipinski definition) is 2. The predicted molar refractivity (Wildman–Crippen MR) is 66.6 cm³/mol. The van der Waals surface area contributed by atoms with Crippen LogP contribution in [0.2, 0.25) is 0 Å². The molecule has 0 fully saturated rings. The van der Waals surface area contributed by atoms with Crippen LogP contribution in [0.15, 0.2) is 36.4 Å². The van der Waals surface area contributed by atoms with Crippen LogP contribution in [0.1, 0.15) is 5.56 Å². The molecule has 1 N–H and O–H groups in total. The highest BCUT2D eigenvalue weighted by atomic mass is 19.1. The molecular weight excluding hydrogens is 255 g/mol. The van der Waals surface area contributed by atoms with Crippen LogP contribution in [0.5, 0.6) is 5.75 Å². The van der Waals surface area contributed by atoms with Crippen LogP contribution in [0, 0.1) is 17.5 Å². The predicted octanol–water partition coefficient (Wildman–Crippen LogP) is 3.72. The lowest BCUT2D eigenvalue weighted by Gasteiger charge is -2.09. The first kappa shape index (κ1) is 13.3. The molecule has 19 heavy (non-hydrogen) atoms. The number of halogens is 3. The summed E-state index contributed by atoms with van der Waals surface area (Å²) in [7, 11) is 1.37. The monoisotopic (exact) mass is 267 g/mol. The summed E-state index contributed by atoms with van der Waals surface area (Å²) in [5.41, 5.74) is 0.791. The van der Waals surface area contributed by atoms with Crippen LogP contribution in [0.4, 0.5) is 18.9 Å². The summed E-state index contributed by atoms with van der Waals surface area (Å²) in [4.78, 5) is 0. The van der Waals surface area contributed by atoms with Gasteiger partial charge >= 0.3 is 0 Å². The molecule has 0 saturated heterocycles. The van der Waals surface area contributed by atoms with Crippen LogP contribution in [0.3, 0.4) is 0 Å². The summed E-state index contributed by atoms with van der Waals surface area (Å²) in [6.45, 7) is 0.137. The summed E-state index contributed by atoms with van der Waals surface area (Å²) in [5, 5.41) is 2.86. The van der Waals surface area contributed by atoms with Crippen molar-refractivity contribution in [2.75, 3.05) is 12.4 Å².